The summed E-state index contributed by atoms with van der Waals surface area (Å²) in [4.78, 5) is 11.6. The molecule has 1 heterocycles. The molecule has 0 saturated carbocycles. The van der Waals surface area contributed by atoms with Crippen LogP contribution in [0.25, 0.3) is 0 Å². The summed E-state index contributed by atoms with van der Waals surface area (Å²) in [6, 6.07) is 8.19. The van der Waals surface area contributed by atoms with E-state index in [1.807, 2.05) is 24.3 Å². The molecule has 20 heavy (non-hydrogen) atoms. The molecule has 1 amide bonds. The van der Waals surface area contributed by atoms with Crippen LogP contribution in [0, 0.1) is 0 Å². The van der Waals surface area contributed by atoms with Crippen LogP contribution in [0.15, 0.2) is 24.3 Å². The highest BCUT2D eigenvalue weighted by Gasteiger charge is 2.17. The van der Waals surface area contributed by atoms with Crippen LogP contribution >= 0.6 is 0 Å². The molecular weight excluding hydrogens is 252 g/mol. The van der Waals surface area contributed by atoms with Crippen molar-refractivity contribution in [3.63, 3.8) is 0 Å². The zero-order valence-corrected chi connectivity index (χ0v) is 12.3. The highest BCUT2D eigenvalue weighted by atomic mass is 16.5. The van der Waals surface area contributed by atoms with Gasteiger partial charge in [0, 0.05) is 30.8 Å². The van der Waals surface area contributed by atoms with Crippen molar-refractivity contribution in [3.05, 3.63) is 24.3 Å². The Morgan fingerprint density at radius 1 is 1.50 bits per heavy atom. The van der Waals surface area contributed by atoms with Gasteiger partial charge in [0.2, 0.25) is 5.91 Å². The Morgan fingerprint density at radius 3 is 3.15 bits per heavy atom. The Morgan fingerprint density at radius 2 is 2.35 bits per heavy atom. The predicted octanol–water partition coefficient (Wildman–Crippen LogP) is 2.94. The molecule has 1 aromatic rings. The fourth-order valence-electron chi connectivity index (χ4n) is 2.31. The minimum absolute atomic E-state index is 0.131. The number of anilines is 1. The third kappa shape index (κ3) is 4.44. The molecular formula is C16H24N2O2. The van der Waals surface area contributed by atoms with E-state index in [4.69, 9.17) is 4.74 Å². The summed E-state index contributed by atoms with van der Waals surface area (Å²) in [6.07, 6.45) is 3.77. The summed E-state index contributed by atoms with van der Waals surface area (Å²) < 4.78 is 5.82. The molecule has 1 saturated heterocycles. The molecule has 0 radical (unpaired) electrons. The van der Waals surface area contributed by atoms with Gasteiger partial charge in [0.1, 0.15) is 5.75 Å². The van der Waals surface area contributed by atoms with Crippen LogP contribution in [0.3, 0.4) is 0 Å². The number of nitrogens with one attached hydrogen (secondary N) is 2. The minimum Gasteiger partial charge on any atom is -0.491 e. The van der Waals surface area contributed by atoms with E-state index in [0.29, 0.717) is 6.42 Å². The van der Waals surface area contributed by atoms with Gasteiger partial charge in [-0.2, -0.15) is 0 Å². The van der Waals surface area contributed by atoms with Gasteiger partial charge in [-0.3, -0.25) is 4.79 Å². The van der Waals surface area contributed by atoms with Crippen LogP contribution in [-0.2, 0) is 4.79 Å². The van der Waals surface area contributed by atoms with Crippen molar-refractivity contribution in [3.8, 4) is 5.75 Å². The molecule has 2 atom stereocenters. The Kier molecular flexibility index (Phi) is 5.27. The average Bonchev–Trinajstić information content (AvgIpc) is 2.63. The van der Waals surface area contributed by atoms with E-state index in [0.717, 1.165) is 37.2 Å². The van der Waals surface area contributed by atoms with E-state index in [9.17, 15) is 4.79 Å². The van der Waals surface area contributed by atoms with Gasteiger partial charge < -0.3 is 15.4 Å². The van der Waals surface area contributed by atoms with Crippen LogP contribution in [0.4, 0.5) is 5.69 Å². The van der Waals surface area contributed by atoms with Gasteiger partial charge >= 0.3 is 0 Å². The van der Waals surface area contributed by atoms with Crippen molar-refractivity contribution in [1.82, 2.24) is 5.32 Å². The largest absolute Gasteiger partial charge is 0.491 e. The molecule has 1 fully saturated rings. The van der Waals surface area contributed by atoms with E-state index in [1.54, 1.807) is 0 Å². The first-order chi connectivity index (χ1) is 9.67. The lowest BCUT2D eigenvalue weighted by Crippen LogP contribution is -2.26. The zero-order valence-electron chi connectivity index (χ0n) is 12.3. The Hall–Kier alpha value is -1.71. The summed E-state index contributed by atoms with van der Waals surface area (Å²) in [6.45, 7) is 4.96. The highest BCUT2D eigenvalue weighted by molar-refractivity contribution is 5.77. The zero-order chi connectivity index (χ0) is 14.4. The third-order valence-electron chi connectivity index (χ3n) is 3.60. The monoisotopic (exact) mass is 276 g/mol. The molecule has 4 nitrogen and oxygen atoms in total. The van der Waals surface area contributed by atoms with Gasteiger partial charge in [0.05, 0.1) is 6.10 Å². The lowest BCUT2D eigenvalue weighted by Gasteiger charge is -2.18. The number of hydrogen-bond acceptors (Lipinski definition) is 3. The maximum atomic E-state index is 11.6. The first-order valence-corrected chi connectivity index (χ1v) is 7.47. The van der Waals surface area contributed by atoms with Crippen LogP contribution in [0.2, 0.25) is 0 Å². The number of benzene rings is 1. The van der Waals surface area contributed by atoms with E-state index >= 15 is 0 Å². The molecule has 2 unspecified atom stereocenters. The normalized spacial score (nSPS) is 20.7. The standard InChI is InChI=1S/C16H24N2O2/c1-3-12(2)20-15-8-4-6-13(10-15)18-14-7-5-9-17-16(19)11-14/h4,6,8,10,12,14,18H,3,5,7,9,11H2,1-2H3,(H,17,19). The molecule has 1 aliphatic rings. The van der Waals surface area contributed by atoms with Crippen LogP contribution < -0.4 is 15.4 Å². The Bertz CT molecular complexity index is 448. The van der Waals surface area contributed by atoms with Crippen molar-refractivity contribution >= 4 is 11.6 Å². The predicted molar refractivity (Wildman–Crippen MR) is 81.1 cm³/mol. The summed E-state index contributed by atoms with van der Waals surface area (Å²) in [5, 5.41) is 6.34. The number of amides is 1. The number of hydrogen-bond donors (Lipinski definition) is 2. The maximum absolute atomic E-state index is 11.6. The van der Waals surface area contributed by atoms with Crippen LogP contribution in [0.5, 0.6) is 5.75 Å². The van der Waals surface area contributed by atoms with Gasteiger partial charge in [-0.1, -0.05) is 13.0 Å². The molecule has 1 aliphatic heterocycles. The van der Waals surface area contributed by atoms with Crippen molar-refractivity contribution in [2.24, 2.45) is 0 Å². The topological polar surface area (TPSA) is 50.4 Å². The number of rotatable bonds is 5. The van der Waals surface area contributed by atoms with Gasteiger partial charge in [-0.25, -0.2) is 0 Å². The quantitative estimate of drug-likeness (QED) is 0.869. The molecule has 0 spiro atoms. The fourth-order valence-corrected chi connectivity index (χ4v) is 2.31. The average molecular weight is 276 g/mol. The van der Waals surface area contributed by atoms with Gasteiger partial charge in [-0.15, -0.1) is 0 Å². The molecule has 0 aromatic heterocycles. The van der Waals surface area contributed by atoms with E-state index in [1.165, 1.54) is 0 Å². The number of carbonyl (C=O) groups excluding carboxylic acids is 1. The molecule has 2 rings (SSSR count). The van der Waals surface area contributed by atoms with Crippen molar-refractivity contribution in [1.29, 1.82) is 0 Å². The number of carbonyl (C=O) groups is 1. The Balaban J connectivity index is 1.98. The highest BCUT2D eigenvalue weighted by Crippen LogP contribution is 2.21. The number of ether oxygens (including phenoxy) is 1. The van der Waals surface area contributed by atoms with Crippen molar-refractivity contribution in [2.75, 3.05) is 11.9 Å². The summed E-state index contributed by atoms with van der Waals surface area (Å²) in [5.41, 5.74) is 1.02. The summed E-state index contributed by atoms with van der Waals surface area (Å²) in [5.74, 6) is 1.01. The second-order valence-corrected chi connectivity index (χ2v) is 5.40. The van der Waals surface area contributed by atoms with Crippen molar-refractivity contribution < 1.29 is 9.53 Å². The first-order valence-electron chi connectivity index (χ1n) is 7.47. The second-order valence-electron chi connectivity index (χ2n) is 5.40. The molecule has 0 aliphatic carbocycles. The second kappa shape index (κ2) is 7.17. The van der Waals surface area contributed by atoms with E-state index < -0.39 is 0 Å². The molecule has 1 aromatic carbocycles. The van der Waals surface area contributed by atoms with Gasteiger partial charge in [-0.05, 0) is 38.3 Å². The van der Waals surface area contributed by atoms with Crippen LogP contribution in [0.1, 0.15) is 39.5 Å². The molecule has 2 N–H and O–H groups in total. The Labute approximate surface area is 120 Å². The lowest BCUT2D eigenvalue weighted by molar-refractivity contribution is -0.120. The molecule has 110 valence electrons. The molecule has 0 bridgehead atoms. The van der Waals surface area contributed by atoms with E-state index in [2.05, 4.69) is 24.5 Å². The molecule has 4 heteroatoms. The van der Waals surface area contributed by atoms with Gasteiger partial charge in [0.15, 0.2) is 0 Å². The summed E-state index contributed by atoms with van der Waals surface area (Å²) >= 11 is 0. The third-order valence-corrected chi connectivity index (χ3v) is 3.60. The lowest BCUT2D eigenvalue weighted by atomic mass is 10.1. The minimum atomic E-state index is 0.131. The van der Waals surface area contributed by atoms with Crippen molar-refractivity contribution in [2.45, 2.75) is 51.7 Å². The van der Waals surface area contributed by atoms with Crippen LogP contribution in [-0.4, -0.2) is 24.6 Å². The SMILES string of the molecule is CCC(C)Oc1cccc(NC2CCCNC(=O)C2)c1. The van der Waals surface area contributed by atoms with E-state index in [-0.39, 0.29) is 18.1 Å². The summed E-state index contributed by atoms with van der Waals surface area (Å²) in [7, 11) is 0. The fraction of sp³-hybridized carbons (Fsp3) is 0.562. The van der Waals surface area contributed by atoms with Gasteiger partial charge in [0.25, 0.3) is 0 Å². The smallest absolute Gasteiger partial charge is 0.222 e. The first kappa shape index (κ1) is 14.7. The maximum Gasteiger partial charge on any atom is 0.222 e.